The molecule has 1 aliphatic heterocycles. The zero-order valence-electron chi connectivity index (χ0n) is 16.9. The van der Waals surface area contributed by atoms with Gasteiger partial charge in [-0.05, 0) is 44.4 Å². The third-order valence-electron chi connectivity index (χ3n) is 6.12. The highest BCUT2D eigenvalue weighted by Gasteiger charge is 2.33. The van der Waals surface area contributed by atoms with Gasteiger partial charge in [-0.3, -0.25) is 9.69 Å². The van der Waals surface area contributed by atoms with E-state index >= 15 is 0 Å². The first-order chi connectivity index (χ1) is 13.6. The number of nitrogens with zero attached hydrogens (tertiary/aromatic N) is 3. The van der Waals surface area contributed by atoms with Gasteiger partial charge in [0.1, 0.15) is 5.69 Å². The highest BCUT2D eigenvalue weighted by Crippen LogP contribution is 2.39. The number of ether oxygens (including phenoxy) is 1. The molecule has 1 aromatic heterocycles. The Morgan fingerprint density at radius 1 is 1.25 bits per heavy atom. The zero-order valence-corrected chi connectivity index (χ0v) is 16.9. The summed E-state index contributed by atoms with van der Waals surface area (Å²) in [5, 5.41) is 7.94. The Kier molecular flexibility index (Phi) is 5.51. The summed E-state index contributed by atoms with van der Waals surface area (Å²) in [6, 6.07) is 11.9. The molecule has 4 rings (SSSR count). The molecule has 150 valence electrons. The second kappa shape index (κ2) is 8.05. The van der Waals surface area contributed by atoms with E-state index in [1.165, 1.54) is 0 Å². The van der Waals surface area contributed by atoms with Gasteiger partial charge in [-0.25, -0.2) is 4.68 Å². The minimum Gasteiger partial charge on any atom is -0.379 e. The van der Waals surface area contributed by atoms with Gasteiger partial charge >= 0.3 is 0 Å². The maximum Gasteiger partial charge on any atom is 0.270 e. The second-order valence-corrected chi connectivity index (χ2v) is 8.11. The fourth-order valence-corrected chi connectivity index (χ4v) is 3.83. The van der Waals surface area contributed by atoms with Gasteiger partial charge in [0.05, 0.1) is 24.6 Å². The fraction of sp³-hybridized carbons (Fsp3) is 0.545. The van der Waals surface area contributed by atoms with Crippen LogP contribution in [0.2, 0.25) is 0 Å². The van der Waals surface area contributed by atoms with E-state index in [1.54, 1.807) is 4.68 Å². The molecule has 2 heterocycles. The highest BCUT2D eigenvalue weighted by atomic mass is 16.5. The topological polar surface area (TPSA) is 59.4 Å². The van der Waals surface area contributed by atoms with Crippen molar-refractivity contribution >= 4 is 5.91 Å². The SMILES string of the molecule is CCC(C)(CNC(=O)c1cc(C2CC2)nn1-c1ccccc1)N1CCOCC1. The van der Waals surface area contributed by atoms with Crippen LogP contribution in [0.3, 0.4) is 0 Å². The Hall–Kier alpha value is -2.18. The Morgan fingerprint density at radius 2 is 1.96 bits per heavy atom. The average Bonchev–Trinajstić information content (AvgIpc) is 3.51. The molecule has 1 saturated carbocycles. The number of morpholine rings is 1. The zero-order chi connectivity index (χ0) is 19.6. The Bertz CT molecular complexity index is 809. The number of hydrogen-bond acceptors (Lipinski definition) is 4. The summed E-state index contributed by atoms with van der Waals surface area (Å²) in [6.45, 7) is 8.36. The summed E-state index contributed by atoms with van der Waals surface area (Å²) in [5.41, 5.74) is 2.50. The molecule has 2 fully saturated rings. The number of nitrogens with one attached hydrogen (secondary N) is 1. The lowest BCUT2D eigenvalue weighted by Gasteiger charge is -2.43. The standard InChI is InChI=1S/C22H30N4O2/c1-3-22(2,25-11-13-28-14-12-25)16-23-21(27)20-15-19(17-9-10-17)24-26(20)18-7-5-4-6-8-18/h4-8,15,17H,3,9-14,16H2,1-2H3,(H,23,27). The summed E-state index contributed by atoms with van der Waals surface area (Å²) in [6.07, 6.45) is 3.30. The Balaban J connectivity index is 1.52. The predicted octanol–water partition coefficient (Wildman–Crippen LogP) is 2.98. The van der Waals surface area contributed by atoms with E-state index < -0.39 is 0 Å². The van der Waals surface area contributed by atoms with Gasteiger partial charge in [0.25, 0.3) is 5.91 Å². The smallest absolute Gasteiger partial charge is 0.270 e. The third-order valence-corrected chi connectivity index (χ3v) is 6.12. The van der Waals surface area contributed by atoms with Crippen LogP contribution in [-0.2, 0) is 4.74 Å². The monoisotopic (exact) mass is 382 g/mol. The molecule has 1 atom stereocenters. The van der Waals surface area contributed by atoms with Gasteiger partial charge in [-0.15, -0.1) is 0 Å². The predicted molar refractivity (Wildman–Crippen MR) is 109 cm³/mol. The molecule has 1 saturated heterocycles. The first kappa shape index (κ1) is 19.2. The van der Waals surface area contributed by atoms with Crippen LogP contribution in [0.1, 0.15) is 55.2 Å². The van der Waals surface area contributed by atoms with E-state index in [2.05, 4.69) is 24.1 Å². The van der Waals surface area contributed by atoms with Crippen LogP contribution in [0.15, 0.2) is 36.4 Å². The van der Waals surface area contributed by atoms with Gasteiger partial charge in [-0.1, -0.05) is 25.1 Å². The summed E-state index contributed by atoms with van der Waals surface area (Å²) < 4.78 is 7.28. The minimum atomic E-state index is -0.0731. The van der Waals surface area contributed by atoms with Crippen molar-refractivity contribution in [1.29, 1.82) is 0 Å². The van der Waals surface area contributed by atoms with Crippen LogP contribution in [0.4, 0.5) is 0 Å². The van der Waals surface area contributed by atoms with E-state index in [0.717, 1.165) is 56.9 Å². The van der Waals surface area contributed by atoms with Crippen molar-refractivity contribution in [3.8, 4) is 5.69 Å². The van der Waals surface area contributed by atoms with Crippen molar-refractivity contribution in [2.75, 3.05) is 32.8 Å². The van der Waals surface area contributed by atoms with Crippen LogP contribution in [0, 0.1) is 0 Å². The quantitative estimate of drug-likeness (QED) is 0.800. The molecule has 28 heavy (non-hydrogen) atoms. The third kappa shape index (κ3) is 3.98. The number of carbonyl (C=O) groups is 1. The molecule has 6 heteroatoms. The molecular weight excluding hydrogens is 352 g/mol. The number of hydrogen-bond donors (Lipinski definition) is 1. The van der Waals surface area contributed by atoms with Gasteiger partial charge in [-0.2, -0.15) is 5.10 Å². The van der Waals surface area contributed by atoms with Gasteiger partial charge in [0, 0.05) is 31.1 Å². The maximum atomic E-state index is 13.1. The maximum absolute atomic E-state index is 13.1. The highest BCUT2D eigenvalue weighted by molar-refractivity contribution is 5.93. The van der Waals surface area contributed by atoms with Crippen LogP contribution < -0.4 is 5.32 Å². The van der Waals surface area contributed by atoms with E-state index in [1.807, 2.05) is 36.4 Å². The van der Waals surface area contributed by atoms with Crippen molar-refractivity contribution in [3.05, 3.63) is 47.8 Å². The summed E-state index contributed by atoms with van der Waals surface area (Å²) >= 11 is 0. The molecule has 1 unspecified atom stereocenters. The van der Waals surface area contributed by atoms with E-state index in [4.69, 9.17) is 9.84 Å². The summed E-state index contributed by atoms with van der Waals surface area (Å²) in [7, 11) is 0. The lowest BCUT2D eigenvalue weighted by Crippen LogP contribution is -2.56. The molecule has 0 spiro atoms. The molecule has 2 aromatic rings. The lowest BCUT2D eigenvalue weighted by atomic mass is 9.95. The second-order valence-electron chi connectivity index (χ2n) is 8.11. The molecule has 1 aromatic carbocycles. The first-order valence-corrected chi connectivity index (χ1v) is 10.4. The van der Waals surface area contributed by atoms with Gasteiger partial charge < -0.3 is 10.1 Å². The molecule has 1 amide bonds. The van der Waals surface area contributed by atoms with E-state index in [0.29, 0.717) is 18.2 Å². The van der Waals surface area contributed by atoms with Crippen molar-refractivity contribution in [1.82, 2.24) is 20.0 Å². The molecule has 2 aliphatic rings. The molecule has 0 bridgehead atoms. The molecular formula is C22H30N4O2. The Morgan fingerprint density at radius 3 is 2.61 bits per heavy atom. The number of carbonyl (C=O) groups excluding carboxylic acids is 1. The van der Waals surface area contributed by atoms with Gasteiger partial charge in [0.2, 0.25) is 0 Å². The van der Waals surface area contributed by atoms with Crippen LogP contribution in [0.5, 0.6) is 0 Å². The molecule has 6 nitrogen and oxygen atoms in total. The van der Waals surface area contributed by atoms with Crippen molar-refractivity contribution < 1.29 is 9.53 Å². The van der Waals surface area contributed by atoms with Crippen LogP contribution in [0.25, 0.3) is 5.69 Å². The van der Waals surface area contributed by atoms with Crippen LogP contribution in [-0.4, -0.2) is 59.0 Å². The normalized spacial score (nSPS) is 19.9. The number of benzene rings is 1. The van der Waals surface area contributed by atoms with Crippen molar-refractivity contribution in [2.24, 2.45) is 0 Å². The number of para-hydroxylation sites is 1. The first-order valence-electron chi connectivity index (χ1n) is 10.4. The summed E-state index contributed by atoms with van der Waals surface area (Å²) in [5.74, 6) is 0.446. The van der Waals surface area contributed by atoms with Crippen molar-refractivity contribution in [2.45, 2.75) is 44.6 Å². The minimum absolute atomic E-state index is 0.0591. The number of rotatable bonds is 7. The molecule has 0 radical (unpaired) electrons. The lowest BCUT2D eigenvalue weighted by molar-refractivity contribution is -0.0169. The van der Waals surface area contributed by atoms with E-state index in [9.17, 15) is 4.79 Å². The van der Waals surface area contributed by atoms with Gasteiger partial charge in [0.15, 0.2) is 0 Å². The summed E-state index contributed by atoms with van der Waals surface area (Å²) in [4.78, 5) is 15.6. The average molecular weight is 383 g/mol. The van der Waals surface area contributed by atoms with Crippen LogP contribution >= 0.6 is 0 Å². The largest absolute Gasteiger partial charge is 0.379 e. The Labute approximate surface area is 166 Å². The number of aromatic nitrogens is 2. The molecule has 1 aliphatic carbocycles. The van der Waals surface area contributed by atoms with E-state index in [-0.39, 0.29) is 11.4 Å². The fourth-order valence-electron chi connectivity index (χ4n) is 3.83. The number of amides is 1. The van der Waals surface area contributed by atoms with Crippen molar-refractivity contribution in [3.63, 3.8) is 0 Å². The molecule has 1 N–H and O–H groups in total.